The normalized spacial score (nSPS) is 11.7. The molecule has 3 rings (SSSR count). The summed E-state index contributed by atoms with van der Waals surface area (Å²) < 4.78 is 7.55. The molecule has 1 N–H and O–H groups in total. The maximum absolute atomic E-state index is 6.15. The summed E-state index contributed by atoms with van der Waals surface area (Å²) in [5, 5.41) is 16.2. The Hall–Kier alpha value is -2.34. The number of hydrogen-bond acceptors (Lipinski definition) is 5. The van der Waals surface area contributed by atoms with Crippen LogP contribution in [0.1, 0.15) is 37.8 Å². The second kappa shape index (κ2) is 6.65. The Kier molecular flexibility index (Phi) is 4.57. The van der Waals surface area contributed by atoms with Crippen LogP contribution in [0, 0.1) is 0 Å². The molecule has 0 unspecified atom stereocenters. The molecule has 0 aliphatic rings. The van der Waals surface area contributed by atoms with Gasteiger partial charge in [0, 0.05) is 23.3 Å². The monoisotopic (exact) mass is 345 g/mol. The second-order valence-corrected chi connectivity index (χ2v) is 6.99. The van der Waals surface area contributed by atoms with Crippen molar-refractivity contribution in [1.29, 1.82) is 0 Å². The van der Waals surface area contributed by atoms with Crippen molar-refractivity contribution in [3.63, 3.8) is 0 Å². The van der Waals surface area contributed by atoms with E-state index in [9.17, 15) is 0 Å². The number of nitrogens with one attached hydrogen (secondary N) is 1. The van der Waals surface area contributed by atoms with Crippen molar-refractivity contribution in [3.8, 4) is 0 Å². The predicted octanol–water partition coefficient (Wildman–Crippen LogP) is 3.88. The third-order valence-electron chi connectivity index (χ3n) is 3.53. The molecule has 0 aliphatic heterocycles. The lowest BCUT2D eigenvalue weighted by Gasteiger charge is -2.18. The van der Waals surface area contributed by atoms with Gasteiger partial charge in [0.15, 0.2) is 0 Å². The summed E-state index contributed by atoms with van der Waals surface area (Å²) in [6, 6.07) is 8.01. The summed E-state index contributed by atoms with van der Waals surface area (Å²) in [5.74, 6) is 0.524. The van der Waals surface area contributed by atoms with Crippen molar-refractivity contribution in [1.82, 2.24) is 20.0 Å². The fourth-order valence-electron chi connectivity index (χ4n) is 2.20. The predicted molar refractivity (Wildman–Crippen MR) is 93.1 cm³/mol. The smallest absolute Gasteiger partial charge is 0.315 e. The molecule has 0 atom stereocenters. The first-order chi connectivity index (χ1) is 11.4. The first-order valence-corrected chi connectivity index (χ1v) is 8.13. The Morgan fingerprint density at radius 1 is 1.21 bits per heavy atom. The van der Waals surface area contributed by atoms with Crippen LogP contribution in [-0.2, 0) is 18.5 Å². The Labute approximate surface area is 145 Å². The Morgan fingerprint density at radius 3 is 2.71 bits per heavy atom. The number of aromatic nitrogens is 4. The first-order valence-electron chi connectivity index (χ1n) is 7.75. The zero-order chi connectivity index (χ0) is 17.2. The molecule has 3 aromatic rings. The van der Waals surface area contributed by atoms with Crippen LogP contribution < -0.4 is 5.32 Å². The van der Waals surface area contributed by atoms with Gasteiger partial charge in [0.2, 0.25) is 5.89 Å². The van der Waals surface area contributed by atoms with Gasteiger partial charge < -0.3 is 9.73 Å². The summed E-state index contributed by atoms with van der Waals surface area (Å²) in [6.45, 7) is 6.90. The van der Waals surface area contributed by atoms with Crippen LogP contribution in [0.5, 0.6) is 0 Å². The van der Waals surface area contributed by atoms with E-state index in [2.05, 4.69) is 41.4 Å². The molecule has 0 fully saturated rings. The number of hydrogen-bond donors (Lipinski definition) is 1. The highest BCUT2D eigenvalue weighted by Gasteiger charge is 2.14. The fraction of sp³-hybridized carbons (Fsp3) is 0.353. The van der Waals surface area contributed by atoms with Gasteiger partial charge in [-0.25, -0.2) is 0 Å². The highest BCUT2D eigenvalue weighted by molar-refractivity contribution is 6.31. The summed E-state index contributed by atoms with van der Waals surface area (Å²) >= 11 is 6.15. The molecule has 1 aromatic carbocycles. The maximum Gasteiger partial charge on any atom is 0.315 e. The van der Waals surface area contributed by atoms with Gasteiger partial charge in [-0.2, -0.15) is 5.10 Å². The molecule has 0 saturated heterocycles. The van der Waals surface area contributed by atoms with E-state index in [1.165, 1.54) is 0 Å². The lowest BCUT2D eigenvalue weighted by Crippen LogP contribution is -2.21. The SMILES string of the molecule is CC(C)(C)n1cc(CNc2nnc(Cc3ccccc3Cl)o2)cn1. The van der Waals surface area contributed by atoms with Crippen molar-refractivity contribution >= 4 is 17.6 Å². The lowest BCUT2D eigenvalue weighted by atomic mass is 10.1. The van der Waals surface area contributed by atoms with Crippen molar-refractivity contribution in [2.45, 2.75) is 39.3 Å². The summed E-state index contributed by atoms with van der Waals surface area (Å²) in [5.41, 5.74) is 1.97. The molecule has 24 heavy (non-hydrogen) atoms. The number of halogens is 1. The van der Waals surface area contributed by atoms with Gasteiger partial charge in [-0.15, -0.1) is 5.10 Å². The van der Waals surface area contributed by atoms with Gasteiger partial charge in [0.1, 0.15) is 0 Å². The Morgan fingerprint density at radius 2 is 2.00 bits per heavy atom. The number of nitrogens with zero attached hydrogens (tertiary/aromatic N) is 4. The van der Waals surface area contributed by atoms with E-state index in [0.717, 1.165) is 11.1 Å². The molecule has 6 nitrogen and oxygen atoms in total. The third-order valence-corrected chi connectivity index (χ3v) is 3.90. The standard InChI is InChI=1S/C17H20ClN5O/c1-17(2,3)23-11-12(10-20-23)9-19-16-22-21-15(24-16)8-13-6-4-5-7-14(13)18/h4-7,10-11H,8-9H2,1-3H3,(H,19,22). The zero-order valence-corrected chi connectivity index (χ0v) is 14.7. The van der Waals surface area contributed by atoms with Crippen LogP contribution >= 0.6 is 11.6 Å². The van der Waals surface area contributed by atoms with E-state index < -0.39 is 0 Å². The first kappa shape index (κ1) is 16.5. The third kappa shape index (κ3) is 3.94. The van der Waals surface area contributed by atoms with Crippen LogP contribution in [0.15, 0.2) is 41.1 Å². The molecule has 2 heterocycles. The fourth-order valence-corrected chi connectivity index (χ4v) is 2.40. The van der Waals surface area contributed by atoms with Gasteiger partial charge >= 0.3 is 6.01 Å². The maximum atomic E-state index is 6.15. The Bertz CT molecular complexity index is 818. The van der Waals surface area contributed by atoms with Crippen LogP contribution in [0.4, 0.5) is 6.01 Å². The number of anilines is 1. The molecular weight excluding hydrogens is 326 g/mol. The van der Waals surface area contributed by atoms with E-state index >= 15 is 0 Å². The van der Waals surface area contributed by atoms with Gasteiger partial charge in [-0.1, -0.05) is 34.9 Å². The van der Waals surface area contributed by atoms with Crippen LogP contribution in [0.2, 0.25) is 5.02 Å². The molecule has 0 bridgehead atoms. The minimum absolute atomic E-state index is 0.0368. The summed E-state index contributed by atoms with van der Waals surface area (Å²) in [4.78, 5) is 0. The summed E-state index contributed by atoms with van der Waals surface area (Å²) in [7, 11) is 0. The van der Waals surface area contributed by atoms with E-state index in [1.807, 2.05) is 41.3 Å². The molecule has 7 heteroatoms. The average Bonchev–Trinajstić information content (AvgIpc) is 3.16. The second-order valence-electron chi connectivity index (χ2n) is 6.59. The van der Waals surface area contributed by atoms with E-state index in [4.69, 9.17) is 16.0 Å². The molecule has 0 radical (unpaired) electrons. The minimum Gasteiger partial charge on any atom is -0.408 e. The molecule has 0 amide bonds. The average molecular weight is 346 g/mol. The quantitative estimate of drug-likeness (QED) is 0.760. The van der Waals surface area contributed by atoms with Gasteiger partial charge in [-0.05, 0) is 32.4 Å². The Balaban J connectivity index is 1.60. The summed E-state index contributed by atoms with van der Waals surface area (Å²) in [6.07, 6.45) is 4.35. The highest BCUT2D eigenvalue weighted by atomic mass is 35.5. The van der Waals surface area contributed by atoms with Crippen molar-refractivity contribution in [3.05, 3.63) is 58.7 Å². The van der Waals surface area contributed by atoms with Crippen molar-refractivity contribution < 1.29 is 4.42 Å². The van der Waals surface area contributed by atoms with E-state index in [-0.39, 0.29) is 5.54 Å². The topological polar surface area (TPSA) is 68.8 Å². The number of rotatable bonds is 5. The van der Waals surface area contributed by atoms with Gasteiger partial charge in [0.05, 0.1) is 18.2 Å². The van der Waals surface area contributed by atoms with E-state index in [1.54, 1.807) is 0 Å². The molecule has 126 valence electrons. The van der Waals surface area contributed by atoms with Crippen molar-refractivity contribution in [2.75, 3.05) is 5.32 Å². The van der Waals surface area contributed by atoms with Crippen molar-refractivity contribution in [2.24, 2.45) is 0 Å². The molecule has 0 aliphatic carbocycles. The minimum atomic E-state index is -0.0368. The highest BCUT2D eigenvalue weighted by Crippen LogP contribution is 2.19. The van der Waals surface area contributed by atoms with Crippen LogP contribution in [-0.4, -0.2) is 20.0 Å². The molecule has 0 spiro atoms. The zero-order valence-electron chi connectivity index (χ0n) is 14.0. The van der Waals surface area contributed by atoms with Crippen LogP contribution in [0.25, 0.3) is 0 Å². The van der Waals surface area contributed by atoms with Gasteiger partial charge in [0.25, 0.3) is 0 Å². The largest absolute Gasteiger partial charge is 0.408 e. The number of benzene rings is 1. The van der Waals surface area contributed by atoms with Crippen LogP contribution in [0.3, 0.4) is 0 Å². The molecule has 2 aromatic heterocycles. The lowest BCUT2D eigenvalue weighted by molar-refractivity contribution is 0.355. The van der Waals surface area contributed by atoms with Gasteiger partial charge in [-0.3, -0.25) is 4.68 Å². The molecule has 0 saturated carbocycles. The molecular formula is C17H20ClN5O. The van der Waals surface area contributed by atoms with E-state index in [0.29, 0.717) is 29.9 Å².